The van der Waals surface area contributed by atoms with Gasteiger partial charge in [-0.05, 0) is 42.3 Å². The van der Waals surface area contributed by atoms with Gasteiger partial charge in [-0.25, -0.2) is 4.31 Å². The summed E-state index contributed by atoms with van der Waals surface area (Å²) in [6.07, 6.45) is 3.75. The number of methoxy groups -OCH3 is 1. The largest absolute Gasteiger partial charge is 0.496 e. The number of hydrogen-bond acceptors (Lipinski definition) is 4. The smallest absolute Gasteiger partial charge is 0.123 e. The monoisotopic (exact) mass is 285 g/mol. The van der Waals surface area contributed by atoms with Gasteiger partial charge in [-0.2, -0.15) is 0 Å². The lowest BCUT2D eigenvalue weighted by atomic mass is 9.97. The van der Waals surface area contributed by atoms with Crippen molar-refractivity contribution in [1.82, 2.24) is 4.31 Å². The first-order valence-corrected chi connectivity index (χ1v) is 9.05. The zero-order chi connectivity index (χ0) is 12.1. The van der Waals surface area contributed by atoms with Crippen LogP contribution in [-0.2, 0) is 11.8 Å². The molecule has 0 radical (unpaired) electrons. The molecule has 1 aliphatic rings. The second-order valence-corrected chi connectivity index (χ2v) is 7.11. The van der Waals surface area contributed by atoms with Gasteiger partial charge in [-0.1, -0.05) is 24.6 Å². The fourth-order valence-electron chi connectivity index (χ4n) is 2.30. The minimum absolute atomic E-state index is 0.445. The minimum atomic E-state index is 0.445. The van der Waals surface area contributed by atoms with Crippen molar-refractivity contribution in [2.75, 3.05) is 13.7 Å². The summed E-state index contributed by atoms with van der Waals surface area (Å²) in [5.74, 6) is 0.992. The maximum Gasteiger partial charge on any atom is 0.123 e. The Morgan fingerprint density at radius 3 is 3.00 bits per heavy atom. The Morgan fingerprint density at radius 1 is 1.41 bits per heavy atom. The van der Waals surface area contributed by atoms with Crippen LogP contribution in [-0.4, -0.2) is 18.0 Å². The number of ether oxygens (including phenoxy) is 1. The van der Waals surface area contributed by atoms with Crippen LogP contribution in [0.3, 0.4) is 0 Å². The van der Waals surface area contributed by atoms with E-state index in [-0.39, 0.29) is 0 Å². The first kappa shape index (κ1) is 13.3. The van der Waals surface area contributed by atoms with E-state index in [4.69, 9.17) is 16.5 Å². The predicted molar refractivity (Wildman–Crippen MR) is 78.2 cm³/mol. The lowest BCUT2D eigenvalue weighted by molar-refractivity contribution is 0.273. The molecule has 1 saturated heterocycles. The van der Waals surface area contributed by atoms with Gasteiger partial charge in [0.2, 0.25) is 0 Å². The molecule has 0 bridgehead atoms. The lowest BCUT2D eigenvalue weighted by Gasteiger charge is -2.34. The van der Waals surface area contributed by atoms with Crippen LogP contribution in [0, 0.1) is 0 Å². The Bertz CT molecular complexity index is 389. The summed E-state index contributed by atoms with van der Waals surface area (Å²) in [5.41, 5.74) is 1.29. The number of piperidine rings is 1. The molecule has 17 heavy (non-hydrogen) atoms. The molecule has 2 rings (SSSR count). The molecule has 0 spiro atoms. The molecule has 0 N–H and O–H groups in total. The van der Waals surface area contributed by atoms with Gasteiger partial charge in [0.15, 0.2) is 0 Å². The van der Waals surface area contributed by atoms with Crippen molar-refractivity contribution in [3.8, 4) is 5.75 Å². The van der Waals surface area contributed by atoms with Gasteiger partial charge in [0.1, 0.15) is 5.75 Å². The van der Waals surface area contributed by atoms with E-state index in [1.54, 1.807) is 18.7 Å². The molecule has 1 fully saturated rings. The van der Waals surface area contributed by atoms with Gasteiger partial charge in [0.05, 0.1) is 13.7 Å². The Balaban J connectivity index is 2.25. The summed E-state index contributed by atoms with van der Waals surface area (Å²) in [7, 11) is 1.74. The molecule has 1 aromatic carbocycles. The molecule has 1 unspecified atom stereocenters. The minimum Gasteiger partial charge on any atom is -0.496 e. The first-order valence-electron chi connectivity index (χ1n) is 5.76. The second-order valence-electron chi connectivity index (χ2n) is 4.05. The Kier molecular flexibility index (Phi) is 5.23. The van der Waals surface area contributed by atoms with Crippen molar-refractivity contribution < 1.29 is 4.74 Å². The highest BCUT2D eigenvalue weighted by atomic mass is 32.9. The van der Waals surface area contributed by atoms with Crippen molar-refractivity contribution in [2.24, 2.45) is 0 Å². The zero-order valence-electron chi connectivity index (χ0n) is 9.83. The number of benzene rings is 1. The van der Waals surface area contributed by atoms with Crippen LogP contribution < -0.4 is 4.74 Å². The van der Waals surface area contributed by atoms with E-state index in [1.807, 2.05) is 12.1 Å². The van der Waals surface area contributed by atoms with Crippen molar-refractivity contribution in [1.29, 1.82) is 0 Å². The van der Waals surface area contributed by atoms with E-state index >= 15 is 0 Å². The van der Waals surface area contributed by atoms with Crippen molar-refractivity contribution in [3.05, 3.63) is 29.8 Å². The number of hydrogen-bond donors (Lipinski definition) is 0. The Morgan fingerprint density at radius 2 is 2.24 bits per heavy atom. The summed E-state index contributed by atoms with van der Waals surface area (Å²) < 4.78 is 7.87. The van der Waals surface area contributed by atoms with E-state index in [0.717, 1.165) is 18.9 Å². The molecule has 0 aromatic heterocycles. The summed E-state index contributed by atoms with van der Waals surface area (Å²) in [5, 5.41) is 0. The maximum absolute atomic E-state index is 5.46. The van der Waals surface area contributed by atoms with Crippen LogP contribution in [0.4, 0.5) is 0 Å². The zero-order valence-corrected chi connectivity index (χ0v) is 12.4. The van der Waals surface area contributed by atoms with Crippen LogP contribution in [0.2, 0.25) is 0 Å². The molecule has 0 amide bonds. The predicted octanol–water partition coefficient (Wildman–Crippen LogP) is 4.19. The maximum atomic E-state index is 5.46. The highest BCUT2D eigenvalue weighted by molar-refractivity contribution is 8.56. The summed E-state index contributed by atoms with van der Waals surface area (Å²) in [6.45, 7) is 2.08. The van der Waals surface area contributed by atoms with E-state index in [2.05, 4.69) is 16.4 Å². The van der Waals surface area contributed by atoms with Crippen LogP contribution in [0.25, 0.3) is 0 Å². The molecule has 1 aliphatic heterocycles. The second kappa shape index (κ2) is 6.69. The number of para-hydroxylation sites is 1. The Labute approximate surface area is 113 Å². The van der Waals surface area contributed by atoms with Gasteiger partial charge in [0, 0.05) is 18.2 Å². The van der Waals surface area contributed by atoms with Crippen LogP contribution in [0.15, 0.2) is 24.3 Å². The van der Waals surface area contributed by atoms with E-state index in [9.17, 15) is 0 Å². The Hall–Kier alpha value is -0.150. The summed E-state index contributed by atoms with van der Waals surface area (Å²) in [4.78, 5) is 0. The first-order chi connectivity index (χ1) is 8.36. The fourth-order valence-corrected chi connectivity index (χ4v) is 4.54. The average molecular weight is 285 g/mol. The topological polar surface area (TPSA) is 12.5 Å². The summed E-state index contributed by atoms with van der Waals surface area (Å²) in [6, 6.07) is 8.76. The van der Waals surface area contributed by atoms with Gasteiger partial charge >= 0.3 is 0 Å². The van der Waals surface area contributed by atoms with Gasteiger partial charge in [-0.3, -0.25) is 0 Å². The number of rotatable bonds is 4. The summed E-state index contributed by atoms with van der Waals surface area (Å²) >= 11 is 6.80. The molecule has 1 aromatic rings. The quantitative estimate of drug-likeness (QED) is 0.607. The van der Waals surface area contributed by atoms with Gasteiger partial charge in [-0.15, -0.1) is 0 Å². The molecule has 92 valence electrons. The standard InChI is InChI=1S/C12H16NOPS2/c1-14-12-8-3-2-6-10(12)11-7-4-5-9-13(11)17-15-16/h2-3,6,8,11H,4-5,7,9H2,1H3. The third-order valence-electron chi connectivity index (χ3n) is 3.09. The van der Waals surface area contributed by atoms with E-state index in [1.165, 1.54) is 24.8 Å². The number of nitrogens with zero attached hydrogens (tertiary/aromatic N) is 1. The van der Waals surface area contributed by atoms with Crippen LogP contribution >= 0.6 is 18.1 Å². The highest BCUT2D eigenvalue weighted by Gasteiger charge is 2.26. The molecule has 0 aliphatic carbocycles. The molecule has 1 atom stereocenters. The molecule has 2 nitrogen and oxygen atoms in total. The molecule has 5 heteroatoms. The van der Waals surface area contributed by atoms with E-state index in [0.29, 0.717) is 6.04 Å². The fraction of sp³-hybridized carbons (Fsp3) is 0.500. The van der Waals surface area contributed by atoms with Crippen molar-refractivity contribution in [3.63, 3.8) is 0 Å². The molecule has 1 heterocycles. The normalized spacial score (nSPS) is 21.6. The highest BCUT2D eigenvalue weighted by Crippen LogP contribution is 2.42. The molecule has 0 saturated carbocycles. The van der Waals surface area contributed by atoms with Gasteiger partial charge in [0.25, 0.3) is 0 Å². The third-order valence-corrected chi connectivity index (χ3v) is 5.23. The molecular weight excluding hydrogens is 269 g/mol. The van der Waals surface area contributed by atoms with Crippen molar-refractivity contribution in [2.45, 2.75) is 25.3 Å². The lowest BCUT2D eigenvalue weighted by Crippen LogP contribution is -2.26. The van der Waals surface area contributed by atoms with Gasteiger partial charge < -0.3 is 4.74 Å². The van der Waals surface area contributed by atoms with Crippen LogP contribution in [0.1, 0.15) is 30.9 Å². The average Bonchev–Trinajstić information content (AvgIpc) is 2.40. The SMILES string of the molecule is COc1ccccc1C1CCCCN1SP=S. The third kappa shape index (κ3) is 3.19. The molecular formula is C12H16NOPS2. The van der Waals surface area contributed by atoms with Crippen molar-refractivity contribution >= 4 is 29.9 Å². The van der Waals surface area contributed by atoms with E-state index < -0.39 is 0 Å². The van der Waals surface area contributed by atoms with Crippen LogP contribution in [0.5, 0.6) is 5.75 Å².